The van der Waals surface area contributed by atoms with Gasteiger partial charge in [0.25, 0.3) is 21.9 Å². The van der Waals surface area contributed by atoms with E-state index in [0.717, 1.165) is 9.87 Å². The number of hydrogen-bond donors (Lipinski definition) is 0. The molecule has 5 rings (SSSR count). The fourth-order valence-electron chi connectivity index (χ4n) is 5.47. The van der Waals surface area contributed by atoms with Gasteiger partial charge in [-0.2, -0.15) is 4.31 Å². The fraction of sp³-hybridized carbons (Fsp3) is 0.267. The summed E-state index contributed by atoms with van der Waals surface area (Å²) in [5, 5.41) is 0.321. The predicted octanol–water partition coefficient (Wildman–Crippen LogP) is 4.91. The Hall–Kier alpha value is -4.06. The Kier molecular flexibility index (Phi) is 7.93. The molecule has 0 spiro atoms. The quantitative estimate of drug-likeness (QED) is 0.248. The van der Waals surface area contributed by atoms with E-state index in [1.807, 2.05) is 38.1 Å². The minimum Gasteiger partial charge on any atom is -0.497 e. The first-order chi connectivity index (χ1) is 20.1. The van der Waals surface area contributed by atoms with E-state index in [4.69, 9.17) is 25.5 Å². The maximum atomic E-state index is 15.1. The summed E-state index contributed by atoms with van der Waals surface area (Å²) in [6.45, 7) is 2.61. The van der Waals surface area contributed by atoms with Gasteiger partial charge in [0.05, 0.1) is 31.0 Å². The number of anilines is 2. The first kappa shape index (κ1) is 29.4. The van der Waals surface area contributed by atoms with E-state index in [2.05, 4.69) is 4.98 Å². The lowest BCUT2D eigenvalue weighted by Crippen LogP contribution is -2.55. The number of hydrogen-bond acceptors (Lipinski definition) is 9. The number of nitrogens with zero attached hydrogens (tertiary/aromatic N) is 4. The van der Waals surface area contributed by atoms with E-state index < -0.39 is 21.5 Å². The topological polar surface area (TPSA) is 105 Å². The number of aromatic nitrogens is 1. The van der Waals surface area contributed by atoms with Crippen molar-refractivity contribution in [3.05, 3.63) is 94.8 Å². The molecule has 1 aliphatic rings. The number of ether oxygens (including phenoxy) is 2. The van der Waals surface area contributed by atoms with Gasteiger partial charge < -0.3 is 23.7 Å². The molecule has 42 heavy (non-hydrogen) atoms. The predicted molar refractivity (Wildman–Crippen MR) is 160 cm³/mol. The summed E-state index contributed by atoms with van der Waals surface area (Å²) in [6.07, 6.45) is 2.87. The molecule has 12 heteroatoms. The number of oxazole rings is 1. The number of halogens is 1. The summed E-state index contributed by atoms with van der Waals surface area (Å²) in [6, 6.07) is 16.2. The molecule has 0 bridgehead atoms. The Morgan fingerprint density at radius 2 is 1.74 bits per heavy atom. The number of amides is 1. The van der Waals surface area contributed by atoms with Crippen LogP contribution in [0.5, 0.6) is 11.5 Å². The Balaban J connectivity index is 1.87. The van der Waals surface area contributed by atoms with Crippen LogP contribution in [-0.4, -0.2) is 59.1 Å². The van der Waals surface area contributed by atoms with Gasteiger partial charge in [0.2, 0.25) is 0 Å². The molecule has 0 N–H and O–H groups in total. The lowest BCUT2D eigenvalue weighted by atomic mass is 9.80. The third-order valence-corrected chi connectivity index (χ3v) is 9.13. The van der Waals surface area contributed by atoms with Crippen molar-refractivity contribution >= 4 is 39.2 Å². The van der Waals surface area contributed by atoms with Crippen LogP contribution in [-0.2, 0) is 26.9 Å². The van der Waals surface area contributed by atoms with Gasteiger partial charge in [-0.1, -0.05) is 17.7 Å². The van der Waals surface area contributed by atoms with Crippen LogP contribution in [0.4, 0.5) is 11.7 Å². The minimum absolute atomic E-state index is 0.0826. The van der Waals surface area contributed by atoms with Gasteiger partial charge in [-0.3, -0.25) is 4.79 Å². The van der Waals surface area contributed by atoms with Gasteiger partial charge in [0.15, 0.2) is 5.54 Å². The van der Waals surface area contributed by atoms with Gasteiger partial charge >= 0.3 is 0 Å². The molecular formula is C30H31ClN4O6S. The zero-order chi connectivity index (χ0) is 30.2. The maximum Gasteiger partial charge on any atom is 0.298 e. The average Bonchev–Trinajstić information content (AvgIpc) is 3.59. The summed E-state index contributed by atoms with van der Waals surface area (Å²) in [7, 11) is 2.44. The van der Waals surface area contributed by atoms with E-state index in [0.29, 0.717) is 34.2 Å². The van der Waals surface area contributed by atoms with Gasteiger partial charge in [0, 0.05) is 29.2 Å². The van der Waals surface area contributed by atoms with Gasteiger partial charge in [-0.25, -0.2) is 13.4 Å². The van der Waals surface area contributed by atoms with Gasteiger partial charge in [0.1, 0.15) is 17.8 Å². The Labute approximate surface area is 250 Å². The molecule has 1 aromatic heterocycles. The average molecular weight is 611 g/mol. The zero-order valence-corrected chi connectivity index (χ0v) is 25.4. The minimum atomic E-state index is -4.42. The number of methoxy groups -OCH3 is 2. The van der Waals surface area contributed by atoms with Gasteiger partial charge in [-0.05, 0) is 81.2 Å². The standard InChI is InChI=1S/C30H31ClN4O6S/c1-6-34(29-32-15-16-41-29)30(25-17-20(19-33(2)3)7-14-27(25)40-5)24-18-21(31)8-13-26(24)35(28(30)36)42(37,38)23-11-9-22(39-4)10-12-23/h7-18H,6,19H2,1-5H3. The molecule has 0 radical (unpaired) electrons. The van der Waals surface area contributed by atoms with Crippen LogP contribution in [0, 0.1) is 0 Å². The molecule has 1 unspecified atom stereocenters. The van der Waals surface area contributed by atoms with Crippen LogP contribution in [0.25, 0.3) is 0 Å². The van der Waals surface area contributed by atoms with Crippen molar-refractivity contribution in [1.29, 1.82) is 0 Å². The van der Waals surface area contributed by atoms with Crippen LogP contribution >= 0.6 is 11.6 Å². The molecule has 0 saturated heterocycles. The van der Waals surface area contributed by atoms with Crippen LogP contribution < -0.4 is 18.7 Å². The third-order valence-electron chi connectivity index (χ3n) is 7.18. The Bertz CT molecular complexity index is 1710. The highest BCUT2D eigenvalue weighted by molar-refractivity contribution is 7.93. The number of benzene rings is 3. The van der Waals surface area contributed by atoms with E-state index in [-0.39, 0.29) is 23.1 Å². The van der Waals surface area contributed by atoms with Crippen molar-refractivity contribution in [1.82, 2.24) is 9.88 Å². The lowest BCUT2D eigenvalue weighted by Gasteiger charge is -2.40. The largest absolute Gasteiger partial charge is 0.497 e. The van der Waals surface area contributed by atoms with Crippen molar-refractivity contribution in [3.8, 4) is 11.5 Å². The normalized spacial score (nSPS) is 16.5. The molecule has 0 saturated carbocycles. The summed E-state index contributed by atoms with van der Waals surface area (Å²) in [5.41, 5.74) is 0.0205. The molecule has 1 amide bonds. The molecule has 0 fully saturated rings. The molecule has 0 aliphatic carbocycles. The molecule has 4 aromatic rings. The Morgan fingerprint density at radius 1 is 1.00 bits per heavy atom. The van der Waals surface area contributed by atoms with Crippen molar-refractivity contribution < 1.29 is 27.1 Å². The second-order valence-corrected chi connectivity index (χ2v) is 12.2. The highest BCUT2D eigenvalue weighted by Gasteiger charge is 2.61. The van der Waals surface area contributed by atoms with E-state index >= 15 is 4.79 Å². The van der Waals surface area contributed by atoms with Crippen LogP contribution in [0.1, 0.15) is 23.6 Å². The summed E-state index contributed by atoms with van der Waals surface area (Å²) in [5.74, 6) is 0.105. The van der Waals surface area contributed by atoms with E-state index in [1.54, 1.807) is 23.1 Å². The molecule has 1 aliphatic heterocycles. The van der Waals surface area contributed by atoms with E-state index in [1.165, 1.54) is 57.0 Å². The first-order valence-electron chi connectivity index (χ1n) is 13.1. The lowest BCUT2D eigenvalue weighted by molar-refractivity contribution is -0.120. The van der Waals surface area contributed by atoms with Crippen molar-refractivity contribution in [3.63, 3.8) is 0 Å². The summed E-state index contributed by atoms with van der Waals surface area (Å²) in [4.78, 5) is 23.1. The summed E-state index contributed by atoms with van der Waals surface area (Å²) < 4.78 is 46.2. The number of fused-ring (bicyclic) bond motifs is 1. The van der Waals surface area contributed by atoms with Crippen LogP contribution in [0.2, 0.25) is 5.02 Å². The zero-order valence-electron chi connectivity index (χ0n) is 23.9. The number of sulfonamides is 1. The van der Waals surface area contributed by atoms with Crippen LogP contribution in [0.15, 0.2) is 82.4 Å². The maximum absolute atomic E-state index is 15.1. The molecule has 220 valence electrons. The van der Waals surface area contributed by atoms with Crippen LogP contribution in [0.3, 0.4) is 0 Å². The van der Waals surface area contributed by atoms with Crippen molar-refractivity contribution in [2.24, 2.45) is 0 Å². The molecule has 2 heterocycles. The molecule has 1 atom stereocenters. The van der Waals surface area contributed by atoms with E-state index in [9.17, 15) is 8.42 Å². The van der Waals surface area contributed by atoms with Crippen molar-refractivity contribution in [2.75, 3.05) is 44.1 Å². The Morgan fingerprint density at radius 3 is 2.33 bits per heavy atom. The molecular weight excluding hydrogens is 580 g/mol. The fourth-order valence-corrected chi connectivity index (χ4v) is 7.10. The number of likely N-dealkylation sites (N-methyl/N-ethyl adjacent to an activating group) is 1. The van der Waals surface area contributed by atoms with Gasteiger partial charge in [-0.15, -0.1) is 0 Å². The SMILES string of the molecule is CCN(c1ncco1)C1(c2cc(CN(C)C)ccc2OC)C(=O)N(S(=O)(=O)c2ccc(OC)cc2)c2ccc(Cl)cc21. The smallest absolute Gasteiger partial charge is 0.298 e. The second-order valence-electron chi connectivity index (χ2n) is 9.95. The number of carbonyl (C=O) groups is 1. The first-order valence-corrected chi connectivity index (χ1v) is 14.9. The number of rotatable bonds is 10. The third kappa shape index (κ3) is 4.67. The molecule has 10 nitrogen and oxygen atoms in total. The highest BCUT2D eigenvalue weighted by Crippen LogP contribution is 2.54. The highest BCUT2D eigenvalue weighted by atomic mass is 35.5. The summed E-state index contributed by atoms with van der Waals surface area (Å²) >= 11 is 6.56. The number of carbonyl (C=O) groups excluding carboxylic acids is 1. The van der Waals surface area contributed by atoms with Crippen molar-refractivity contribution in [2.45, 2.75) is 23.9 Å². The second kappa shape index (κ2) is 11.3. The monoisotopic (exact) mass is 610 g/mol. The molecule has 3 aromatic carbocycles.